The lowest BCUT2D eigenvalue weighted by Gasteiger charge is -2.15. The zero-order chi connectivity index (χ0) is 15.5. The molecule has 6 nitrogen and oxygen atoms in total. The lowest BCUT2D eigenvalue weighted by Crippen LogP contribution is -2.37. The number of methoxy groups -OCH3 is 2. The Kier molecular flexibility index (Phi) is 5.48. The maximum Gasteiger partial charge on any atom is 0.244 e. The summed E-state index contributed by atoms with van der Waals surface area (Å²) >= 11 is 3.31. The largest absolute Gasteiger partial charge is 0.496 e. The number of hydrogen-bond acceptors (Lipinski definition) is 5. The average molecular weight is 379 g/mol. The summed E-state index contributed by atoms with van der Waals surface area (Å²) in [7, 11) is -0.734. The first kappa shape index (κ1) is 16.5. The minimum absolute atomic E-state index is 0.0723. The van der Waals surface area contributed by atoms with Gasteiger partial charge in [-0.25, -0.2) is 13.1 Å². The Morgan fingerprint density at radius 3 is 2.62 bits per heavy atom. The molecule has 2 rings (SSSR count). The van der Waals surface area contributed by atoms with Crippen molar-refractivity contribution < 1.29 is 17.9 Å². The van der Waals surface area contributed by atoms with Gasteiger partial charge in [-0.1, -0.05) is 0 Å². The SMILES string of the molecule is COc1cc(S(=O)(=O)NCC2CCCN2)c(OC)cc1Br. The molecule has 0 spiro atoms. The lowest BCUT2D eigenvalue weighted by atomic mass is 10.2. The molecule has 0 amide bonds. The molecule has 1 aromatic carbocycles. The van der Waals surface area contributed by atoms with Gasteiger partial charge in [-0.3, -0.25) is 0 Å². The number of benzene rings is 1. The zero-order valence-corrected chi connectivity index (χ0v) is 14.4. The Labute approximate surface area is 133 Å². The predicted molar refractivity (Wildman–Crippen MR) is 83.5 cm³/mol. The molecule has 8 heteroatoms. The Morgan fingerprint density at radius 1 is 1.33 bits per heavy atom. The van der Waals surface area contributed by atoms with Gasteiger partial charge in [-0.05, 0) is 41.4 Å². The van der Waals surface area contributed by atoms with Gasteiger partial charge in [-0.2, -0.15) is 0 Å². The molecule has 1 saturated heterocycles. The van der Waals surface area contributed by atoms with E-state index in [0.717, 1.165) is 19.4 Å². The maximum absolute atomic E-state index is 12.5. The molecule has 1 unspecified atom stereocenters. The van der Waals surface area contributed by atoms with Gasteiger partial charge in [0.05, 0.1) is 18.7 Å². The highest BCUT2D eigenvalue weighted by atomic mass is 79.9. The standard InChI is InChI=1S/C13H19BrN2O4S/c1-19-11-7-13(12(20-2)6-10(11)14)21(17,18)16-8-9-4-3-5-15-9/h6-7,9,15-16H,3-5,8H2,1-2H3. The van der Waals surface area contributed by atoms with E-state index in [2.05, 4.69) is 26.0 Å². The van der Waals surface area contributed by atoms with Crippen LogP contribution >= 0.6 is 15.9 Å². The van der Waals surface area contributed by atoms with Crippen molar-refractivity contribution in [2.24, 2.45) is 0 Å². The van der Waals surface area contributed by atoms with E-state index in [-0.39, 0.29) is 16.7 Å². The second-order valence-electron chi connectivity index (χ2n) is 4.78. The van der Waals surface area contributed by atoms with Crippen LogP contribution in [0.25, 0.3) is 0 Å². The van der Waals surface area contributed by atoms with Crippen molar-refractivity contribution in [3.05, 3.63) is 16.6 Å². The van der Waals surface area contributed by atoms with Crippen LogP contribution in [0.15, 0.2) is 21.5 Å². The topological polar surface area (TPSA) is 76.7 Å². The molecule has 1 fully saturated rings. The molecule has 0 aromatic heterocycles. The van der Waals surface area contributed by atoms with Crippen molar-refractivity contribution in [2.75, 3.05) is 27.3 Å². The Bertz CT molecular complexity index is 600. The van der Waals surface area contributed by atoms with E-state index in [9.17, 15) is 8.42 Å². The van der Waals surface area contributed by atoms with Crippen molar-refractivity contribution in [3.8, 4) is 11.5 Å². The molecule has 0 aliphatic carbocycles. The van der Waals surface area contributed by atoms with E-state index in [1.807, 2.05) is 0 Å². The van der Waals surface area contributed by atoms with E-state index >= 15 is 0 Å². The fourth-order valence-corrected chi connectivity index (χ4v) is 3.99. The van der Waals surface area contributed by atoms with Crippen LogP contribution in [0.3, 0.4) is 0 Å². The van der Waals surface area contributed by atoms with Crippen molar-refractivity contribution in [3.63, 3.8) is 0 Å². The Balaban J connectivity index is 2.25. The van der Waals surface area contributed by atoms with Gasteiger partial charge in [0.15, 0.2) is 0 Å². The van der Waals surface area contributed by atoms with E-state index in [0.29, 0.717) is 16.8 Å². The molecule has 0 bridgehead atoms. The van der Waals surface area contributed by atoms with Crippen LogP contribution in [0.5, 0.6) is 11.5 Å². The van der Waals surface area contributed by atoms with Gasteiger partial charge >= 0.3 is 0 Å². The summed E-state index contributed by atoms with van der Waals surface area (Å²) < 4.78 is 38.5. The molecule has 0 radical (unpaired) electrons. The summed E-state index contributed by atoms with van der Waals surface area (Å²) in [6.45, 7) is 1.30. The number of ether oxygens (including phenoxy) is 2. The smallest absolute Gasteiger partial charge is 0.244 e. The third-order valence-electron chi connectivity index (χ3n) is 3.41. The summed E-state index contributed by atoms with van der Waals surface area (Å²) in [6.07, 6.45) is 2.05. The summed E-state index contributed by atoms with van der Waals surface area (Å²) in [4.78, 5) is 0.0723. The molecule has 1 aliphatic rings. The second kappa shape index (κ2) is 6.95. The van der Waals surface area contributed by atoms with Crippen LogP contribution in [0.1, 0.15) is 12.8 Å². The van der Waals surface area contributed by atoms with E-state index < -0.39 is 10.0 Å². The highest BCUT2D eigenvalue weighted by Crippen LogP contribution is 2.35. The number of halogens is 1. The minimum atomic E-state index is -3.66. The van der Waals surface area contributed by atoms with Gasteiger partial charge < -0.3 is 14.8 Å². The van der Waals surface area contributed by atoms with Crippen molar-refractivity contribution in [2.45, 2.75) is 23.8 Å². The first-order valence-electron chi connectivity index (χ1n) is 6.62. The van der Waals surface area contributed by atoms with E-state index in [4.69, 9.17) is 9.47 Å². The number of hydrogen-bond donors (Lipinski definition) is 2. The average Bonchev–Trinajstić information content (AvgIpc) is 2.98. The van der Waals surface area contributed by atoms with Crippen molar-refractivity contribution in [1.82, 2.24) is 10.0 Å². The minimum Gasteiger partial charge on any atom is -0.496 e. The molecule has 1 atom stereocenters. The Morgan fingerprint density at radius 2 is 2.05 bits per heavy atom. The molecule has 21 heavy (non-hydrogen) atoms. The zero-order valence-electron chi connectivity index (χ0n) is 12.0. The molecule has 2 N–H and O–H groups in total. The van der Waals surface area contributed by atoms with Crippen LogP contribution in [-0.4, -0.2) is 41.8 Å². The Hall–Kier alpha value is -0.830. The summed E-state index contributed by atoms with van der Waals surface area (Å²) in [6, 6.07) is 3.22. The fourth-order valence-electron chi connectivity index (χ4n) is 2.26. The molecular weight excluding hydrogens is 360 g/mol. The maximum atomic E-state index is 12.5. The normalized spacial score (nSPS) is 18.7. The van der Waals surface area contributed by atoms with Crippen LogP contribution in [0.2, 0.25) is 0 Å². The van der Waals surface area contributed by atoms with Crippen LogP contribution in [0.4, 0.5) is 0 Å². The number of nitrogens with one attached hydrogen (secondary N) is 2. The molecule has 1 aromatic rings. The highest BCUT2D eigenvalue weighted by molar-refractivity contribution is 9.10. The van der Waals surface area contributed by atoms with Crippen molar-refractivity contribution in [1.29, 1.82) is 0 Å². The van der Waals surface area contributed by atoms with Crippen LogP contribution in [-0.2, 0) is 10.0 Å². The van der Waals surface area contributed by atoms with E-state index in [1.165, 1.54) is 20.3 Å². The van der Waals surface area contributed by atoms with Gasteiger partial charge in [0.2, 0.25) is 10.0 Å². The fraction of sp³-hybridized carbons (Fsp3) is 0.538. The summed E-state index contributed by atoms with van der Waals surface area (Å²) in [5.41, 5.74) is 0. The van der Waals surface area contributed by atoms with Crippen molar-refractivity contribution >= 4 is 26.0 Å². The first-order chi connectivity index (χ1) is 9.97. The van der Waals surface area contributed by atoms with Gasteiger partial charge in [-0.15, -0.1) is 0 Å². The second-order valence-corrected chi connectivity index (χ2v) is 7.37. The third-order valence-corrected chi connectivity index (χ3v) is 5.47. The summed E-state index contributed by atoms with van der Waals surface area (Å²) in [5, 5.41) is 3.25. The predicted octanol–water partition coefficient (Wildman–Crippen LogP) is 1.50. The summed E-state index contributed by atoms with van der Waals surface area (Å²) in [5.74, 6) is 0.713. The number of rotatable bonds is 6. The van der Waals surface area contributed by atoms with Gasteiger partial charge in [0.25, 0.3) is 0 Å². The molecular formula is C13H19BrN2O4S. The van der Waals surface area contributed by atoms with Crippen LogP contribution in [0, 0.1) is 0 Å². The highest BCUT2D eigenvalue weighted by Gasteiger charge is 2.24. The molecule has 1 heterocycles. The monoisotopic (exact) mass is 378 g/mol. The molecule has 0 saturated carbocycles. The van der Waals surface area contributed by atoms with E-state index in [1.54, 1.807) is 6.07 Å². The van der Waals surface area contributed by atoms with Crippen LogP contribution < -0.4 is 19.5 Å². The quantitative estimate of drug-likeness (QED) is 0.784. The lowest BCUT2D eigenvalue weighted by molar-refractivity contribution is 0.390. The molecule has 118 valence electrons. The molecule has 1 aliphatic heterocycles. The third kappa shape index (κ3) is 3.88. The van der Waals surface area contributed by atoms with Gasteiger partial charge in [0, 0.05) is 18.7 Å². The van der Waals surface area contributed by atoms with Gasteiger partial charge in [0.1, 0.15) is 16.4 Å². The first-order valence-corrected chi connectivity index (χ1v) is 8.90. The number of sulfonamides is 1.